The van der Waals surface area contributed by atoms with Crippen molar-refractivity contribution >= 4 is 23.6 Å². The van der Waals surface area contributed by atoms with Crippen LogP contribution in [-0.4, -0.2) is 30.2 Å². The van der Waals surface area contributed by atoms with Crippen molar-refractivity contribution in [2.45, 2.75) is 39.0 Å². The molecule has 0 aliphatic carbocycles. The first-order valence-electron chi connectivity index (χ1n) is 8.79. The third-order valence-corrected chi connectivity index (χ3v) is 4.52. The maximum absolute atomic E-state index is 12.1. The average molecular weight is 375 g/mol. The van der Waals surface area contributed by atoms with Gasteiger partial charge in [-0.25, -0.2) is 4.99 Å². The summed E-state index contributed by atoms with van der Waals surface area (Å²) >= 11 is 1.79. The molecule has 1 unspecified atom stereocenters. The highest BCUT2D eigenvalue weighted by molar-refractivity contribution is 7.98. The number of aryl methyl sites for hydroxylation is 1. The van der Waals surface area contributed by atoms with E-state index in [1.165, 1.54) is 11.1 Å². The third-order valence-electron chi connectivity index (χ3n) is 3.49. The summed E-state index contributed by atoms with van der Waals surface area (Å²) in [6.45, 7) is 10.3. The molecule has 0 saturated heterocycles. The Morgan fingerprint density at radius 1 is 1.38 bits per heavy atom. The Labute approximate surface area is 161 Å². The van der Waals surface area contributed by atoms with Crippen LogP contribution in [-0.2, 0) is 10.5 Å². The zero-order valence-electron chi connectivity index (χ0n) is 15.9. The summed E-state index contributed by atoms with van der Waals surface area (Å²) in [7, 11) is 0. The second-order valence-electron chi connectivity index (χ2n) is 5.98. The molecule has 0 spiro atoms. The monoisotopic (exact) mass is 374 g/mol. The lowest BCUT2D eigenvalue weighted by molar-refractivity contribution is -0.121. The van der Waals surface area contributed by atoms with E-state index < -0.39 is 6.04 Å². The standard InChI is InChI=1S/C20H30N4OS/c1-5-6-7-16(3)23-20(21)24-17(4)19(25)22-12-13-26-14-18-10-8-15(2)9-11-18/h6-11,17H,3,5,12-14H2,1-2,4H3,(H,22,25)(H3,21,23,24)/b7-6-. The van der Waals surface area contributed by atoms with Gasteiger partial charge in [-0.3, -0.25) is 4.79 Å². The number of nitrogens with one attached hydrogen (secondary N) is 2. The van der Waals surface area contributed by atoms with E-state index in [9.17, 15) is 4.79 Å². The molecule has 0 radical (unpaired) electrons. The molecule has 0 bridgehead atoms. The van der Waals surface area contributed by atoms with Gasteiger partial charge in [-0.05, 0) is 31.9 Å². The summed E-state index contributed by atoms with van der Waals surface area (Å²) in [6.07, 6.45) is 4.71. The van der Waals surface area contributed by atoms with Crippen molar-refractivity contribution in [3.05, 3.63) is 59.8 Å². The Morgan fingerprint density at radius 2 is 2.08 bits per heavy atom. The lowest BCUT2D eigenvalue weighted by atomic mass is 10.2. The Bertz CT molecular complexity index is 638. The van der Waals surface area contributed by atoms with Gasteiger partial charge in [0, 0.05) is 23.7 Å². The van der Waals surface area contributed by atoms with E-state index in [2.05, 4.69) is 53.4 Å². The predicted octanol–water partition coefficient (Wildman–Crippen LogP) is 3.12. The van der Waals surface area contributed by atoms with Gasteiger partial charge < -0.3 is 16.4 Å². The topological polar surface area (TPSA) is 79.5 Å². The van der Waals surface area contributed by atoms with Crippen LogP contribution in [0.5, 0.6) is 0 Å². The maximum atomic E-state index is 12.1. The van der Waals surface area contributed by atoms with E-state index in [1.807, 2.05) is 19.1 Å². The lowest BCUT2D eigenvalue weighted by Gasteiger charge is -2.11. The Hall–Kier alpha value is -2.21. The summed E-state index contributed by atoms with van der Waals surface area (Å²) < 4.78 is 0. The molecule has 1 aromatic rings. The number of hydrogen-bond acceptors (Lipinski definition) is 3. The van der Waals surface area contributed by atoms with Crippen LogP contribution in [0.3, 0.4) is 0 Å². The summed E-state index contributed by atoms with van der Waals surface area (Å²) in [5, 5.41) is 5.75. The van der Waals surface area contributed by atoms with Gasteiger partial charge in [-0.15, -0.1) is 0 Å². The average Bonchev–Trinajstić information content (AvgIpc) is 2.60. The molecule has 1 atom stereocenters. The largest absolute Gasteiger partial charge is 0.370 e. The summed E-state index contributed by atoms with van der Waals surface area (Å²) in [4.78, 5) is 16.2. The first kappa shape index (κ1) is 21.8. The molecule has 5 nitrogen and oxygen atoms in total. The molecule has 142 valence electrons. The van der Waals surface area contributed by atoms with E-state index >= 15 is 0 Å². The van der Waals surface area contributed by atoms with Crippen LogP contribution >= 0.6 is 11.8 Å². The molecule has 0 heterocycles. The fraction of sp³-hybridized carbons (Fsp3) is 0.400. The van der Waals surface area contributed by atoms with Gasteiger partial charge in [0.1, 0.15) is 6.04 Å². The zero-order chi connectivity index (χ0) is 19.4. The minimum Gasteiger partial charge on any atom is -0.370 e. The number of benzene rings is 1. The number of rotatable bonds is 10. The number of carbonyl (C=O) groups excluding carboxylic acids is 1. The van der Waals surface area contributed by atoms with Crippen molar-refractivity contribution in [1.82, 2.24) is 10.6 Å². The Kier molecular flexibility index (Phi) is 10.2. The van der Waals surface area contributed by atoms with Crippen LogP contribution in [0.15, 0.2) is 53.7 Å². The van der Waals surface area contributed by atoms with Crippen molar-refractivity contribution in [1.29, 1.82) is 0 Å². The van der Waals surface area contributed by atoms with Gasteiger partial charge >= 0.3 is 0 Å². The molecule has 0 aromatic heterocycles. The van der Waals surface area contributed by atoms with Gasteiger partial charge in [0.05, 0.1) is 0 Å². The summed E-state index contributed by atoms with van der Waals surface area (Å²) in [6, 6.07) is 7.95. The number of guanidine groups is 1. The number of carbonyl (C=O) groups is 1. The number of aliphatic imine (C=N–C) groups is 1. The van der Waals surface area contributed by atoms with Crippen molar-refractivity contribution < 1.29 is 4.79 Å². The van der Waals surface area contributed by atoms with Crippen molar-refractivity contribution in [3.8, 4) is 0 Å². The van der Waals surface area contributed by atoms with Gasteiger partial charge in [0.2, 0.25) is 5.91 Å². The highest BCUT2D eigenvalue weighted by Gasteiger charge is 2.11. The molecular formula is C20H30N4OS. The molecule has 0 aliphatic heterocycles. The molecular weight excluding hydrogens is 344 g/mol. The fourth-order valence-corrected chi connectivity index (χ4v) is 2.85. The van der Waals surface area contributed by atoms with Gasteiger partial charge in [-0.1, -0.05) is 49.4 Å². The third kappa shape index (κ3) is 9.32. The van der Waals surface area contributed by atoms with Gasteiger partial charge in [-0.2, -0.15) is 11.8 Å². The molecule has 1 aromatic carbocycles. The van der Waals surface area contributed by atoms with Gasteiger partial charge in [0.25, 0.3) is 0 Å². The van der Waals surface area contributed by atoms with Crippen molar-refractivity contribution in [2.75, 3.05) is 12.3 Å². The number of nitrogens with two attached hydrogens (primary N) is 1. The van der Waals surface area contributed by atoms with Crippen molar-refractivity contribution in [3.63, 3.8) is 0 Å². The van der Waals surface area contributed by atoms with E-state index in [0.717, 1.165) is 17.9 Å². The van der Waals surface area contributed by atoms with Crippen LogP contribution in [0.4, 0.5) is 0 Å². The molecule has 26 heavy (non-hydrogen) atoms. The molecule has 0 aliphatic rings. The second-order valence-corrected chi connectivity index (χ2v) is 7.09. The molecule has 6 heteroatoms. The second kappa shape index (κ2) is 12.2. The number of allylic oxidation sites excluding steroid dienone is 2. The zero-order valence-corrected chi connectivity index (χ0v) is 16.7. The van der Waals surface area contributed by atoms with Crippen LogP contribution in [0.2, 0.25) is 0 Å². The predicted molar refractivity (Wildman–Crippen MR) is 113 cm³/mol. The first-order valence-corrected chi connectivity index (χ1v) is 9.94. The number of nitrogens with zero attached hydrogens (tertiary/aromatic N) is 1. The summed E-state index contributed by atoms with van der Waals surface area (Å²) in [5.74, 6) is 1.84. The van der Waals surface area contributed by atoms with Crippen LogP contribution in [0, 0.1) is 6.92 Å². The Morgan fingerprint density at radius 3 is 2.73 bits per heavy atom. The minimum atomic E-state index is -0.549. The smallest absolute Gasteiger partial charge is 0.244 e. The normalized spacial score (nSPS) is 12.8. The SMILES string of the molecule is C=C(/C=C\CC)NC(N)=NC(C)C(=O)NCCSCc1ccc(C)cc1. The molecule has 1 rings (SSSR count). The lowest BCUT2D eigenvalue weighted by Crippen LogP contribution is -2.37. The van der Waals surface area contributed by atoms with Crippen LogP contribution < -0.4 is 16.4 Å². The number of hydrogen-bond donors (Lipinski definition) is 3. The fourth-order valence-electron chi connectivity index (χ4n) is 2.03. The summed E-state index contributed by atoms with van der Waals surface area (Å²) in [5.41, 5.74) is 9.00. The minimum absolute atomic E-state index is 0.139. The quantitative estimate of drug-likeness (QED) is 0.254. The van der Waals surface area contributed by atoms with Gasteiger partial charge in [0.15, 0.2) is 5.96 Å². The maximum Gasteiger partial charge on any atom is 0.244 e. The van der Waals surface area contributed by atoms with E-state index in [4.69, 9.17) is 5.73 Å². The molecule has 0 saturated carbocycles. The van der Waals surface area contributed by atoms with Crippen molar-refractivity contribution in [2.24, 2.45) is 10.7 Å². The van der Waals surface area contributed by atoms with E-state index in [1.54, 1.807) is 18.7 Å². The van der Waals surface area contributed by atoms with Crippen LogP contribution in [0.1, 0.15) is 31.4 Å². The molecule has 4 N–H and O–H groups in total. The van der Waals surface area contributed by atoms with E-state index in [-0.39, 0.29) is 11.9 Å². The highest BCUT2D eigenvalue weighted by atomic mass is 32.2. The number of amides is 1. The highest BCUT2D eigenvalue weighted by Crippen LogP contribution is 2.12. The van der Waals surface area contributed by atoms with Crippen LogP contribution in [0.25, 0.3) is 0 Å². The van der Waals surface area contributed by atoms with E-state index in [0.29, 0.717) is 12.2 Å². The first-order chi connectivity index (χ1) is 12.4. The number of thioether (sulfide) groups is 1. The Balaban J connectivity index is 2.26. The molecule has 0 fully saturated rings. The molecule has 1 amide bonds.